The highest BCUT2D eigenvalue weighted by molar-refractivity contribution is 5.85. The lowest BCUT2D eigenvalue weighted by Gasteiger charge is -2.61. The van der Waals surface area contributed by atoms with Crippen LogP contribution in [0.4, 0.5) is 0 Å². The van der Waals surface area contributed by atoms with Crippen LogP contribution in [0.2, 0.25) is 0 Å². The van der Waals surface area contributed by atoms with Gasteiger partial charge in [0.15, 0.2) is 0 Å². The van der Waals surface area contributed by atoms with Crippen molar-refractivity contribution in [3.8, 4) is 0 Å². The lowest BCUT2D eigenvalue weighted by Crippen LogP contribution is -2.59. The van der Waals surface area contributed by atoms with Crippen LogP contribution in [0.1, 0.15) is 43.4 Å². The first-order valence-corrected chi connectivity index (χ1v) is 8.58. The second kappa shape index (κ2) is 4.56. The van der Waals surface area contributed by atoms with Crippen molar-refractivity contribution in [3.05, 3.63) is 58.3 Å². The quantitative estimate of drug-likeness (QED) is 0.745. The first-order chi connectivity index (χ1) is 11.6. The van der Waals surface area contributed by atoms with E-state index in [0.29, 0.717) is 0 Å². The Morgan fingerprint density at radius 1 is 1.21 bits per heavy atom. The molecular weight excluding hydrogens is 300 g/mol. The molecule has 0 saturated heterocycles. The molecule has 2 heterocycles. The minimum absolute atomic E-state index is 0.0408. The molecule has 3 aromatic rings. The lowest BCUT2D eigenvalue weighted by molar-refractivity contribution is -0.0989. The largest absolute Gasteiger partial charge is 0.318 e. The van der Waals surface area contributed by atoms with Crippen molar-refractivity contribution in [2.45, 2.75) is 37.6 Å². The summed E-state index contributed by atoms with van der Waals surface area (Å²) in [7, 11) is 1.78. The molecule has 0 radical (unpaired) electrons. The van der Waals surface area contributed by atoms with Gasteiger partial charge in [0.25, 0.3) is 5.56 Å². The summed E-state index contributed by atoms with van der Waals surface area (Å²) in [6.45, 7) is 2.14. The van der Waals surface area contributed by atoms with Crippen molar-refractivity contribution in [2.24, 2.45) is 13.0 Å². The zero-order valence-electron chi connectivity index (χ0n) is 13.9. The number of aryl methyl sites for hydroxylation is 1. The maximum absolute atomic E-state index is 12.4. The highest BCUT2D eigenvalue weighted by Crippen LogP contribution is 2.61. The molecule has 1 aromatic carbocycles. The number of nitrogens with zero attached hydrogens (tertiary/aromatic N) is 4. The SMILES string of the molecule is CC(c1cn(C23CC(C2)C3)nn1)c1cccc2c(=O)n(C)ccc12. The van der Waals surface area contributed by atoms with Crippen LogP contribution in [0, 0.1) is 5.92 Å². The Bertz CT molecular complexity index is 999. The Morgan fingerprint density at radius 3 is 2.71 bits per heavy atom. The van der Waals surface area contributed by atoms with Crippen molar-refractivity contribution in [1.82, 2.24) is 19.6 Å². The van der Waals surface area contributed by atoms with E-state index >= 15 is 0 Å². The summed E-state index contributed by atoms with van der Waals surface area (Å²) in [5, 5.41) is 10.6. The highest BCUT2D eigenvalue weighted by atomic mass is 16.1. The summed E-state index contributed by atoms with van der Waals surface area (Å²) in [4.78, 5) is 12.4. The molecule has 1 atom stereocenters. The van der Waals surface area contributed by atoms with Crippen molar-refractivity contribution in [2.75, 3.05) is 0 Å². The molecule has 0 N–H and O–H groups in total. The van der Waals surface area contributed by atoms with Gasteiger partial charge in [-0.15, -0.1) is 5.10 Å². The van der Waals surface area contributed by atoms with Crippen molar-refractivity contribution < 1.29 is 0 Å². The van der Waals surface area contributed by atoms with Gasteiger partial charge in [-0.2, -0.15) is 0 Å². The third kappa shape index (κ3) is 1.72. The molecule has 3 fully saturated rings. The van der Waals surface area contributed by atoms with Crippen LogP contribution in [0.3, 0.4) is 0 Å². The van der Waals surface area contributed by atoms with Gasteiger partial charge in [-0.25, -0.2) is 4.68 Å². The summed E-state index contributed by atoms with van der Waals surface area (Å²) < 4.78 is 3.71. The van der Waals surface area contributed by atoms with E-state index in [1.807, 2.05) is 24.4 Å². The second-order valence-corrected chi connectivity index (χ2v) is 7.55. The maximum atomic E-state index is 12.4. The third-order valence-electron chi connectivity index (χ3n) is 6.07. The number of hydrogen-bond donors (Lipinski definition) is 0. The van der Waals surface area contributed by atoms with Gasteiger partial charge < -0.3 is 4.57 Å². The number of fused-ring (bicyclic) bond motifs is 1. The van der Waals surface area contributed by atoms with E-state index in [9.17, 15) is 4.79 Å². The fraction of sp³-hybridized carbons (Fsp3) is 0.421. The minimum atomic E-state index is 0.0408. The first-order valence-electron chi connectivity index (χ1n) is 8.58. The summed E-state index contributed by atoms with van der Waals surface area (Å²) in [5.74, 6) is 1.03. The molecule has 5 heteroatoms. The predicted molar refractivity (Wildman–Crippen MR) is 92.0 cm³/mol. The molecule has 2 aromatic heterocycles. The molecule has 24 heavy (non-hydrogen) atoms. The normalized spacial score (nSPS) is 26.0. The molecule has 1 unspecified atom stereocenters. The standard InChI is InChI=1S/C19H20N4O/c1-12(17-11-23(21-20-17)19-8-13(9-19)10-19)14-4-3-5-16-15(14)6-7-22(2)18(16)24/h3-7,11-13H,8-10H2,1-2H3. The fourth-order valence-electron chi connectivity index (χ4n) is 4.36. The van der Waals surface area contributed by atoms with Gasteiger partial charge in [-0.1, -0.05) is 24.3 Å². The van der Waals surface area contributed by atoms with E-state index < -0.39 is 0 Å². The van der Waals surface area contributed by atoms with Gasteiger partial charge >= 0.3 is 0 Å². The van der Waals surface area contributed by atoms with Gasteiger partial charge in [0, 0.05) is 30.7 Å². The zero-order chi connectivity index (χ0) is 16.5. The van der Waals surface area contributed by atoms with Crippen LogP contribution in [0.25, 0.3) is 10.8 Å². The Kier molecular flexibility index (Phi) is 2.65. The van der Waals surface area contributed by atoms with Crippen LogP contribution >= 0.6 is 0 Å². The van der Waals surface area contributed by atoms with Gasteiger partial charge in [-0.05, 0) is 48.3 Å². The molecule has 3 saturated carbocycles. The summed E-state index contributed by atoms with van der Waals surface area (Å²) in [5.41, 5.74) is 2.42. The number of benzene rings is 1. The highest BCUT2D eigenvalue weighted by Gasteiger charge is 2.58. The van der Waals surface area contributed by atoms with Crippen LogP contribution in [0.15, 0.2) is 41.5 Å². The van der Waals surface area contributed by atoms with Crippen molar-refractivity contribution in [3.63, 3.8) is 0 Å². The van der Waals surface area contributed by atoms with Gasteiger partial charge in [0.05, 0.1) is 11.2 Å². The van der Waals surface area contributed by atoms with Crippen LogP contribution in [-0.2, 0) is 12.6 Å². The minimum Gasteiger partial charge on any atom is -0.318 e. The molecule has 6 rings (SSSR count). The average Bonchev–Trinajstić information content (AvgIpc) is 2.96. The topological polar surface area (TPSA) is 52.7 Å². The molecule has 3 aliphatic carbocycles. The van der Waals surface area contributed by atoms with Crippen molar-refractivity contribution >= 4 is 10.8 Å². The monoisotopic (exact) mass is 320 g/mol. The zero-order valence-corrected chi connectivity index (χ0v) is 13.9. The van der Waals surface area contributed by atoms with E-state index in [1.165, 1.54) is 19.3 Å². The molecule has 2 bridgehead atoms. The number of hydrogen-bond acceptors (Lipinski definition) is 3. The predicted octanol–water partition coefficient (Wildman–Crippen LogP) is 2.79. The molecular formula is C19H20N4O. The lowest BCUT2D eigenvalue weighted by atomic mass is 9.50. The number of rotatable bonds is 3. The van der Waals surface area contributed by atoms with E-state index in [1.54, 1.807) is 11.6 Å². The molecule has 0 aliphatic heterocycles. The first kappa shape index (κ1) is 14.0. The number of pyridine rings is 1. The Hall–Kier alpha value is -2.43. The van der Waals surface area contributed by atoms with E-state index in [-0.39, 0.29) is 17.0 Å². The van der Waals surface area contributed by atoms with Crippen molar-refractivity contribution in [1.29, 1.82) is 0 Å². The van der Waals surface area contributed by atoms with Gasteiger partial charge in [-0.3, -0.25) is 4.79 Å². The summed E-state index contributed by atoms with van der Waals surface area (Å²) in [6, 6.07) is 7.97. The summed E-state index contributed by atoms with van der Waals surface area (Å²) >= 11 is 0. The second-order valence-electron chi connectivity index (χ2n) is 7.55. The average molecular weight is 320 g/mol. The van der Waals surface area contributed by atoms with Crippen LogP contribution < -0.4 is 5.56 Å². The Morgan fingerprint density at radius 2 is 2.00 bits per heavy atom. The fourth-order valence-corrected chi connectivity index (χ4v) is 4.36. The number of aromatic nitrogens is 4. The Labute approximate surface area is 139 Å². The third-order valence-corrected chi connectivity index (χ3v) is 6.07. The van der Waals surface area contributed by atoms with Crippen LogP contribution in [-0.4, -0.2) is 19.6 Å². The molecule has 3 aliphatic rings. The Balaban J connectivity index is 1.57. The van der Waals surface area contributed by atoms with E-state index in [4.69, 9.17) is 0 Å². The molecule has 122 valence electrons. The smallest absolute Gasteiger partial charge is 0.258 e. The van der Waals surface area contributed by atoms with Gasteiger partial charge in [0.2, 0.25) is 0 Å². The van der Waals surface area contributed by atoms with E-state index in [0.717, 1.165) is 27.9 Å². The van der Waals surface area contributed by atoms with Gasteiger partial charge in [0.1, 0.15) is 0 Å². The maximum Gasteiger partial charge on any atom is 0.258 e. The summed E-state index contributed by atoms with van der Waals surface area (Å²) in [6.07, 6.45) is 7.72. The molecule has 0 amide bonds. The molecule has 5 nitrogen and oxygen atoms in total. The molecule has 0 spiro atoms. The van der Waals surface area contributed by atoms with Crippen LogP contribution in [0.5, 0.6) is 0 Å². The van der Waals surface area contributed by atoms with E-state index in [2.05, 4.69) is 34.2 Å².